The third kappa shape index (κ3) is 5.01. The molecule has 0 fully saturated rings. The van der Waals surface area contributed by atoms with Gasteiger partial charge in [-0.2, -0.15) is 0 Å². The highest BCUT2D eigenvalue weighted by atomic mass is 32.1. The van der Waals surface area contributed by atoms with Crippen molar-refractivity contribution in [1.82, 2.24) is 4.98 Å². The van der Waals surface area contributed by atoms with Gasteiger partial charge < -0.3 is 10.6 Å². The largest absolute Gasteiger partial charge is 0.326 e. The zero-order valence-corrected chi connectivity index (χ0v) is 15.9. The summed E-state index contributed by atoms with van der Waals surface area (Å²) in [5, 5.41) is 10.5. The Morgan fingerprint density at radius 3 is 2.32 bits per heavy atom. The summed E-state index contributed by atoms with van der Waals surface area (Å²) in [7, 11) is 0. The normalized spacial score (nSPS) is 10.2. The van der Waals surface area contributed by atoms with Crippen LogP contribution in [0.3, 0.4) is 0 Å². The summed E-state index contributed by atoms with van der Waals surface area (Å²) in [6.45, 7) is 1.76. The summed E-state index contributed by atoms with van der Waals surface area (Å²) in [5.41, 5.74) is 1.99. The number of carbonyl (C=O) groups is 3. The quantitative estimate of drug-likeness (QED) is 0.588. The fourth-order valence-electron chi connectivity index (χ4n) is 2.35. The summed E-state index contributed by atoms with van der Waals surface area (Å²) in [6, 6.07) is 13.2. The first-order chi connectivity index (χ1) is 13.5. The topological polar surface area (TPSA) is 100 Å². The molecule has 3 aromatic rings. The van der Waals surface area contributed by atoms with Gasteiger partial charge in [0.1, 0.15) is 0 Å². The van der Waals surface area contributed by atoms with Crippen molar-refractivity contribution in [2.45, 2.75) is 13.3 Å². The molecule has 2 aromatic carbocycles. The molecule has 1 heterocycles. The Bertz CT molecular complexity index is 985. The molecule has 0 spiro atoms. The lowest BCUT2D eigenvalue weighted by molar-refractivity contribution is -0.115. The molecule has 0 unspecified atom stereocenters. The number of benzene rings is 2. The summed E-state index contributed by atoms with van der Waals surface area (Å²) in [4.78, 5) is 40.1. The maximum Gasteiger partial charge on any atom is 0.257 e. The number of carbonyl (C=O) groups excluding carboxylic acids is 3. The molecule has 28 heavy (non-hydrogen) atoms. The number of aromatic nitrogens is 1. The van der Waals surface area contributed by atoms with Crippen LogP contribution in [0.2, 0.25) is 0 Å². The highest BCUT2D eigenvalue weighted by Gasteiger charge is 2.10. The van der Waals surface area contributed by atoms with Gasteiger partial charge in [0, 0.05) is 40.5 Å². The van der Waals surface area contributed by atoms with Gasteiger partial charge in [0.05, 0.1) is 0 Å². The number of hydrogen-bond donors (Lipinski definition) is 3. The van der Waals surface area contributed by atoms with Gasteiger partial charge in [-0.1, -0.05) is 13.0 Å². The third-order valence-electron chi connectivity index (χ3n) is 3.79. The van der Waals surface area contributed by atoms with Crippen molar-refractivity contribution in [3.05, 3.63) is 71.2 Å². The fraction of sp³-hybridized carbons (Fsp3) is 0.100. The summed E-state index contributed by atoms with van der Waals surface area (Å²) >= 11 is 1.33. The molecular formula is C20H18N4O3S. The molecule has 3 amide bonds. The first-order valence-corrected chi connectivity index (χ1v) is 9.45. The molecule has 7 nitrogen and oxygen atoms in total. The van der Waals surface area contributed by atoms with Crippen LogP contribution in [0, 0.1) is 0 Å². The van der Waals surface area contributed by atoms with E-state index < -0.39 is 0 Å². The van der Waals surface area contributed by atoms with Gasteiger partial charge in [-0.05, 0) is 42.5 Å². The molecule has 142 valence electrons. The molecule has 0 bridgehead atoms. The maximum absolute atomic E-state index is 12.4. The van der Waals surface area contributed by atoms with Crippen LogP contribution in [0.25, 0.3) is 0 Å². The fourth-order valence-corrected chi connectivity index (χ4v) is 2.87. The Balaban J connectivity index is 1.63. The van der Waals surface area contributed by atoms with Gasteiger partial charge in [-0.25, -0.2) is 4.98 Å². The second-order valence-corrected chi connectivity index (χ2v) is 6.70. The first-order valence-electron chi connectivity index (χ1n) is 8.57. The summed E-state index contributed by atoms with van der Waals surface area (Å²) in [5.74, 6) is -0.705. The van der Waals surface area contributed by atoms with E-state index in [-0.39, 0.29) is 17.7 Å². The number of nitrogens with one attached hydrogen (secondary N) is 3. The minimum atomic E-state index is -0.312. The van der Waals surface area contributed by atoms with E-state index in [1.165, 1.54) is 11.3 Å². The summed E-state index contributed by atoms with van der Waals surface area (Å²) < 4.78 is 0. The molecule has 0 saturated heterocycles. The molecule has 3 N–H and O–H groups in total. The van der Waals surface area contributed by atoms with E-state index in [4.69, 9.17) is 0 Å². The predicted molar refractivity (Wildman–Crippen MR) is 110 cm³/mol. The number of hydrogen-bond acceptors (Lipinski definition) is 5. The third-order valence-corrected chi connectivity index (χ3v) is 4.48. The van der Waals surface area contributed by atoms with Crippen LogP contribution >= 0.6 is 11.3 Å². The van der Waals surface area contributed by atoms with Gasteiger partial charge in [-0.3, -0.25) is 19.7 Å². The number of nitrogens with zero attached hydrogens (tertiary/aromatic N) is 1. The minimum absolute atomic E-state index is 0.121. The standard InChI is InChI=1S/C20H18N4O3S/c1-2-17(25)22-16-5-3-4-14(12-16)19(27)23-15-8-6-13(7-9-15)18(26)24-20-21-10-11-28-20/h3-12H,2H2,1H3,(H,22,25)(H,23,27)(H,21,24,26). The van der Waals surface area contributed by atoms with Crippen LogP contribution in [-0.4, -0.2) is 22.7 Å². The Morgan fingerprint density at radius 2 is 1.64 bits per heavy atom. The van der Waals surface area contributed by atoms with Gasteiger partial charge in [0.15, 0.2) is 5.13 Å². The lowest BCUT2D eigenvalue weighted by atomic mass is 10.1. The molecule has 0 aliphatic rings. The Morgan fingerprint density at radius 1 is 0.893 bits per heavy atom. The molecule has 0 aliphatic carbocycles. The highest BCUT2D eigenvalue weighted by Crippen LogP contribution is 2.16. The van der Waals surface area contributed by atoms with Gasteiger partial charge in [0.2, 0.25) is 5.91 Å². The highest BCUT2D eigenvalue weighted by molar-refractivity contribution is 7.13. The second kappa shape index (κ2) is 8.92. The molecule has 8 heteroatoms. The lowest BCUT2D eigenvalue weighted by Gasteiger charge is -2.09. The van der Waals surface area contributed by atoms with Crippen LogP contribution in [0.4, 0.5) is 16.5 Å². The average molecular weight is 394 g/mol. The molecule has 0 saturated carbocycles. The number of amides is 3. The zero-order chi connectivity index (χ0) is 19.9. The predicted octanol–water partition coefficient (Wildman–Crippen LogP) is 4.00. The van der Waals surface area contributed by atoms with Gasteiger partial charge in [0.25, 0.3) is 11.8 Å². The molecule has 0 aliphatic heterocycles. The van der Waals surface area contributed by atoms with Crippen molar-refractivity contribution in [2.24, 2.45) is 0 Å². The minimum Gasteiger partial charge on any atom is -0.326 e. The SMILES string of the molecule is CCC(=O)Nc1cccc(C(=O)Nc2ccc(C(=O)Nc3nccs3)cc2)c1. The molecule has 0 radical (unpaired) electrons. The number of thiazole rings is 1. The van der Waals surface area contributed by atoms with Crippen LogP contribution in [0.5, 0.6) is 0 Å². The monoisotopic (exact) mass is 394 g/mol. The Kier molecular flexibility index (Phi) is 6.13. The molecule has 1 aromatic heterocycles. The smallest absolute Gasteiger partial charge is 0.257 e. The lowest BCUT2D eigenvalue weighted by Crippen LogP contribution is -2.14. The van der Waals surface area contributed by atoms with Crippen LogP contribution in [-0.2, 0) is 4.79 Å². The van der Waals surface area contributed by atoms with Crippen LogP contribution in [0.1, 0.15) is 34.1 Å². The van der Waals surface area contributed by atoms with Crippen LogP contribution in [0.15, 0.2) is 60.1 Å². The van der Waals surface area contributed by atoms with Crippen LogP contribution < -0.4 is 16.0 Å². The van der Waals surface area contributed by atoms with Gasteiger partial charge >= 0.3 is 0 Å². The van der Waals surface area contributed by atoms with Crippen molar-refractivity contribution in [1.29, 1.82) is 0 Å². The van der Waals surface area contributed by atoms with Crippen molar-refractivity contribution in [3.8, 4) is 0 Å². The van der Waals surface area contributed by atoms with Crippen molar-refractivity contribution in [3.63, 3.8) is 0 Å². The summed E-state index contributed by atoms with van der Waals surface area (Å²) in [6.07, 6.45) is 1.97. The van der Waals surface area contributed by atoms with E-state index in [2.05, 4.69) is 20.9 Å². The van der Waals surface area contributed by atoms with E-state index in [1.54, 1.807) is 67.0 Å². The van der Waals surface area contributed by atoms with E-state index in [0.717, 1.165) is 0 Å². The Labute approximate surface area is 165 Å². The van der Waals surface area contributed by atoms with E-state index in [1.807, 2.05) is 0 Å². The van der Waals surface area contributed by atoms with E-state index in [0.29, 0.717) is 34.1 Å². The van der Waals surface area contributed by atoms with Crippen molar-refractivity contribution in [2.75, 3.05) is 16.0 Å². The second-order valence-electron chi connectivity index (χ2n) is 5.81. The van der Waals surface area contributed by atoms with Gasteiger partial charge in [-0.15, -0.1) is 11.3 Å². The molecule has 0 atom stereocenters. The Hall–Kier alpha value is -3.52. The van der Waals surface area contributed by atoms with E-state index >= 15 is 0 Å². The van der Waals surface area contributed by atoms with E-state index in [9.17, 15) is 14.4 Å². The zero-order valence-electron chi connectivity index (χ0n) is 15.1. The molecule has 3 rings (SSSR count). The maximum atomic E-state index is 12.4. The molecular weight excluding hydrogens is 376 g/mol. The van der Waals surface area contributed by atoms with Crippen molar-refractivity contribution < 1.29 is 14.4 Å². The first kappa shape index (κ1) is 19.2. The number of rotatable bonds is 6. The van der Waals surface area contributed by atoms with Crippen molar-refractivity contribution >= 4 is 45.6 Å². The number of anilines is 3. The average Bonchev–Trinajstić information content (AvgIpc) is 3.21.